The molecule has 0 aliphatic carbocycles. The van der Waals surface area contributed by atoms with Gasteiger partial charge in [0.05, 0.1) is 11.6 Å². The molecule has 19 heavy (non-hydrogen) atoms. The summed E-state index contributed by atoms with van der Waals surface area (Å²) in [5.41, 5.74) is 1.25. The van der Waals surface area contributed by atoms with Crippen molar-refractivity contribution in [3.05, 3.63) is 64.4 Å². The van der Waals surface area contributed by atoms with Crippen molar-refractivity contribution < 1.29 is 14.2 Å². The Morgan fingerprint density at radius 3 is 2.37 bits per heavy atom. The first-order valence-electron chi connectivity index (χ1n) is 5.97. The minimum Gasteiger partial charge on any atom is -0.494 e. The van der Waals surface area contributed by atoms with Gasteiger partial charge in [-0.1, -0.05) is 29.8 Å². The fourth-order valence-electron chi connectivity index (χ4n) is 1.79. The van der Waals surface area contributed by atoms with Gasteiger partial charge in [-0.15, -0.1) is 0 Å². The van der Waals surface area contributed by atoms with E-state index in [2.05, 4.69) is 0 Å². The van der Waals surface area contributed by atoms with E-state index >= 15 is 0 Å². The van der Waals surface area contributed by atoms with Gasteiger partial charge in [-0.2, -0.15) is 0 Å². The molecular weight excluding hydrogens is 267 g/mol. The monoisotopic (exact) mass is 280 g/mol. The highest BCUT2D eigenvalue weighted by molar-refractivity contribution is 6.30. The molecule has 0 saturated carbocycles. The molecule has 0 saturated heterocycles. The molecular formula is C15H14ClFO2. The normalized spacial score (nSPS) is 12.2. The smallest absolute Gasteiger partial charge is 0.141 e. The number of ether oxygens (including phenoxy) is 1. The highest BCUT2D eigenvalue weighted by Gasteiger charge is 2.12. The average Bonchev–Trinajstić information content (AvgIpc) is 2.42. The van der Waals surface area contributed by atoms with Crippen LogP contribution in [0.5, 0.6) is 5.75 Å². The standard InChI is InChI=1S/C15H14ClFO2/c1-2-19-12-6-3-10(4-7-12)15(18)11-5-8-14(17)13(16)9-11/h3-9,15,18H,2H2,1H3. The minimum absolute atomic E-state index is 0.00230. The summed E-state index contributed by atoms with van der Waals surface area (Å²) in [4.78, 5) is 0. The molecule has 0 aliphatic rings. The van der Waals surface area contributed by atoms with Gasteiger partial charge in [0.1, 0.15) is 17.7 Å². The van der Waals surface area contributed by atoms with Gasteiger partial charge in [-0.25, -0.2) is 4.39 Å². The molecule has 4 heteroatoms. The van der Waals surface area contributed by atoms with Crippen molar-refractivity contribution in [2.75, 3.05) is 6.61 Å². The van der Waals surface area contributed by atoms with Crippen molar-refractivity contribution in [2.45, 2.75) is 13.0 Å². The van der Waals surface area contributed by atoms with Crippen LogP contribution in [0.3, 0.4) is 0 Å². The van der Waals surface area contributed by atoms with Crippen LogP contribution in [-0.2, 0) is 0 Å². The van der Waals surface area contributed by atoms with E-state index in [1.165, 1.54) is 18.2 Å². The molecule has 0 aliphatic heterocycles. The number of hydrogen-bond acceptors (Lipinski definition) is 2. The predicted molar refractivity (Wildman–Crippen MR) is 73.1 cm³/mol. The summed E-state index contributed by atoms with van der Waals surface area (Å²) in [6.45, 7) is 2.50. The number of aliphatic hydroxyl groups excluding tert-OH is 1. The van der Waals surface area contributed by atoms with E-state index in [-0.39, 0.29) is 5.02 Å². The van der Waals surface area contributed by atoms with Gasteiger partial charge in [0.25, 0.3) is 0 Å². The van der Waals surface area contributed by atoms with Crippen molar-refractivity contribution in [3.63, 3.8) is 0 Å². The Bertz CT molecular complexity index is 555. The number of hydrogen-bond donors (Lipinski definition) is 1. The second kappa shape index (κ2) is 6.04. The molecule has 2 nitrogen and oxygen atoms in total. The summed E-state index contributed by atoms with van der Waals surface area (Å²) in [6.07, 6.45) is -0.839. The summed E-state index contributed by atoms with van der Waals surface area (Å²) in [7, 11) is 0. The molecule has 2 aromatic carbocycles. The summed E-state index contributed by atoms with van der Waals surface area (Å²) in [5.74, 6) is 0.250. The topological polar surface area (TPSA) is 29.5 Å². The van der Waals surface area contributed by atoms with Crippen molar-refractivity contribution in [2.24, 2.45) is 0 Å². The molecule has 0 bridgehead atoms. The molecule has 0 spiro atoms. The second-order valence-electron chi connectivity index (χ2n) is 4.08. The van der Waals surface area contributed by atoms with E-state index in [9.17, 15) is 9.50 Å². The van der Waals surface area contributed by atoms with E-state index in [0.29, 0.717) is 17.7 Å². The van der Waals surface area contributed by atoms with Crippen molar-refractivity contribution in [3.8, 4) is 5.75 Å². The summed E-state index contributed by atoms with van der Waals surface area (Å²) >= 11 is 5.71. The Kier molecular flexibility index (Phi) is 4.40. The van der Waals surface area contributed by atoms with E-state index in [0.717, 1.165) is 5.75 Å². The van der Waals surface area contributed by atoms with Crippen LogP contribution >= 0.6 is 11.6 Å². The number of benzene rings is 2. The second-order valence-corrected chi connectivity index (χ2v) is 4.49. The Morgan fingerprint density at radius 1 is 1.16 bits per heavy atom. The van der Waals surface area contributed by atoms with Gasteiger partial charge in [-0.3, -0.25) is 0 Å². The van der Waals surface area contributed by atoms with Gasteiger partial charge in [0.2, 0.25) is 0 Å². The van der Waals surface area contributed by atoms with E-state index in [1.807, 2.05) is 6.92 Å². The molecule has 1 N–H and O–H groups in total. The quantitative estimate of drug-likeness (QED) is 0.918. The first-order valence-corrected chi connectivity index (χ1v) is 6.35. The molecule has 1 atom stereocenters. The third-order valence-corrected chi connectivity index (χ3v) is 3.06. The highest BCUT2D eigenvalue weighted by atomic mass is 35.5. The van der Waals surface area contributed by atoms with Crippen LogP contribution < -0.4 is 4.74 Å². The molecule has 0 aromatic heterocycles. The van der Waals surface area contributed by atoms with Crippen LogP contribution in [0.4, 0.5) is 4.39 Å². The Morgan fingerprint density at radius 2 is 1.79 bits per heavy atom. The average molecular weight is 281 g/mol. The fraction of sp³-hybridized carbons (Fsp3) is 0.200. The summed E-state index contributed by atoms with van der Waals surface area (Å²) in [5, 5.41) is 10.2. The SMILES string of the molecule is CCOc1ccc(C(O)c2ccc(F)c(Cl)c2)cc1. The lowest BCUT2D eigenvalue weighted by Gasteiger charge is -2.13. The largest absolute Gasteiger partial charge is 0.494 e. The lowest BCUT2D eigenvalue weighted by Crippen LogP contribution is -2.00. The highest BCUT2D eigenvalue weighted by Crippen LogP contribution is 2.27. The van der Waals surface area contributed by atoms with Gasteiger partial charge in [-0.05, 0) is 42.3 Å². The molecule has 0 fully saturated rings. The zero-order chi connectivity index (χ0) is 13.8. The van der Waals surface area contributed by atoms with Gasteiger partial charge in [0.15, 0.2) is 0 Å². The zero-order valence-electron chi connectivity index (χ0n) is 10.4. The van der Waals surface area contributed by atoms with E-state index in [4.69, 9.17) is 16.3 Å². The van der Waals surface area contributed by atoms with Crippen LogP contribution in [-0.4, -0.2) is 11.7 Å². The molecule has 0 heterocycles. The first kappa shape index (κ1) is 13.8. The number of aliphatic hydroxyl groups is 1. The van der Waals surface area contributed by atoms with Crippen molar-refractivity contribution in [1.29, 1.82) is 0 Å². The summed E-state index contributed by atoms with van der Waals surface area (Å²) < 4.78 is 18.4. The van der Waals surface area contributed by atoms with Crippen molar-refractivity contribution >= 4 is 11.6 Å². The maximum atomic E-state index is 13.1. The molecule has 100 valence electrons. The van der Waals surface area contributed by atoms with Crippen molar-refractivity contribution in [1.82, 2.24) is 0 Å². The van der Waals surface area contributed by atoms with Crippen LogP contribution in [0.2, 0.25) is 5.02 Å². The maximum Gasteiger partial charge on any atom is 0.141 e. The molecule has 2 rings (SSSR count). The third-order valence-electron chi connectivity index (χ3n) is 2.77. The Balaban J connectivity index is 2.22. The van der Waals surface area contributed by atoms with Gasteiger partial charge < -0.3 is 9.84 Å². The Labute approximate surface area is 116 Å². The number of halogens is 2. The third kappa shape index (κ3) is 3.25. The molecule has 1 unspecified atom stereocenters. The zero-order valence-corrected chi connectivity index (χ0v) is 11.2. The van der Waals surface area contributed by atoms with Crippen LogP contribution in [0, 0.1) is 5.82 Å². The van der Waals surface area contributed by atoms with Crippen LogP contribution in [0.25, 0.3) is 0 Å². The van der Waals surface area contributed by atoms with Gasteiger partial charge in [0, 0.05) is 0 Å². The fourth-order valence-corrected chi connectivity index (χ4v) is 1.98. The molecule has 0 radical (unpaired) electrons. The first-order chi connectivity index (χ1) is 9.11. The van der Waals surface area contributed by atoms with Crippen LogP contribution in [0.1, 0.15) is 24.2 Å². The maximum absolute atomic E-state index is 13.1. The van der Waals surface area contributed by atoms with E-state index < -0.39 is 11.9 Å². The molecule has 2 aromatic rings. The number of rotatable bonds is 4. The molecule has 0 amide bonds. The van der Waals surface area contributed by atoms with Crippen LogP contribution in [0.15, 0.2) is 42.5 Å². The van der Waals surface area contributed by atoms with E-state index in [1.54, 1.807) is 24.3 Å². The summed E-state index contributed by atoms with van der Waals surface area (Å²) in [6, 6.07) is 11.3. The minimum atomic E-state index is -0.839. The Hall–Kier alpha value is -1.58. The predicted octanol–water partition coefficient (Wildman–Crippen LogP) is 3.96. The van der Waals surface area contributed by atoms with Gasteiger partial charge >= 0.3 is 0 Å². The lowest BCUT2D eigenvalue weighted by atomic mass is 10.0. The lowest BCUT2D eigenvalue weighted by molar-refractivity contribution is 0.220.